The quantitative estimate of drug-likeness (QED) is 0.183. The van der Waals surface area contributed by atoms with Crippen LogP contribution in [0.3, 0.4) is 0 Å². The third-order valence-electron chi connectivity index (χ3n) is 7.56. The summed E-state index contributed by atoms with van der Waals surface area (Å²) >= 11 is 0. The highest BCUT2D eigenvalue weighted by atomic mass is 19.4. The lowest BCUT2D eigenvalue weighted by Gasteiger charge is -2.32. The molecule has 1 aliphatic rings. The van der Waals surface area contributed by atoms with Gasteiger partial charge in [-0.2, -0.15) is 18.3 Å². The van der Waals surface area contributed by atoms with Crippen molar-refractivity contribution < 1.29 is 36.6 Å². The average Bonchev–Trinajstić information content (AvgIpc) is 3.42. The average molecular weight is 613 g/mol. The molecule has 1 aromatic heterocycles. The standard InChI is InChI=1S/C32H32F4N4O4/c1-43-17-14-37-30(41)26-10-11-28-27(29(26)44-20-32(34,35)36)19-40(38-28)18-21-12-15-39(16-13-21)31(42)24-4-2-22(3-5-24)23-6-8-25(33)9-7-23/h2-11,19,21H,12-18,20H2,1H3,(H,37,41). The molecule has 0 unspecified atom stereocenters. The minimum Gasteiger partial charge on any atom is -0.483 e. The number of hydrogen-bond acceptors (Lipinski definition) is 5. The molecule has 1 N–H and O–H groups in total. The Labute approximate surface area is 251 Å². The van der Waals surface area contributed by atoms with E-state index in [-0.39, 0.29) is 42.1 Å². The summed E-state index contributed by atoms with van der Waals surface area (Å²) in [6.07, 6.45) is -1.54. The fraction of sp³-hybridized carbons (Fsp3) is 0.344. The molecule has 1 saturated heterocycles. The predicted octanol–water partition coefficient (Wildman–Crippen LogP) is 5.71. The Hall–Kier alpha value is -4.45. The lowest BCUT2D eigenvalue weighted by atomic mass is 9.96. The number of rotatable bonds is 10. The van der Waals surface area contributed by atoms with Gasteiger partial charge in [0.2, 0.25) is 0 Å². The number of carbonyl (C=O) groups excluding carboxylic acids is 2. The number of likely N-dealkylation sites (tertiary alicyclic amines) is 1. The van der Waals surface area contributed by atoms with Gasteiger partial charge in [-0.05, 0) is 66.3 Å². The van der Waals surface area contributed by atoms with E-state index in [1.807, 2.05) is 12.1 Å². The second-order valence-corrected chi connectivity index (χ2v) is 10.7. The van der Waals surface area contributed by atoms with Crippen molar-refractivity contribution >= 4 is 22.7 Å². The topological polar surface area (TPSA) is 85.7 Å². The van der Waals surface area contributed by atoms with Crippen LogP contribution in [0.25, 0.3) is 22.0 Å². The van der Waals surface area contributed by atoms with Crippen LogP contribution in [-0.4, -0.2) is 72.6 Å². The van der Waals surface area contributed by atoms with Gasteiger partial charge >= 0.3 is 6.18 Å². The van der Waals surface area contributed by atoms with E-state index in [9.17, 15) is 27.2 Å². The minimum atomic E-state index is -4.59. The van der Waals surface area contributed by atoms with Gasteiger partial charge in [-0.25, -0.2) is 4.39 Å². The van der Waals surface area contributed by atoms with Gasteiger partial charge in [0.15, 0.2) is 6.61 Å². The van der Waals surface area contributed by atoms with Crippen molar-refractivity contribution in [3.63, 3.8) is 0 Å². The number of carbonyl (C=O) groups is 2. The third kappa shape index (κ3) is 7.54. The number of hydrogen-bond donors (Lipinski definition) is 1. The van der Waals surface area contributed by atoms with Crippen LogP contribution in [0.15, 0.2) is 66.9 Å². The molecule has 44 heavy (non-hydrogen) atoms. The van der Waals surface area contributed by atoms with Crippen LogP contribution in [0.4, 0.5) is 17.6 Å². The zero-order valence-electron chi connectivity index (χ0n) is 24.1. The Balaban J connectivity index is 1.23. The maximum atomic E-state index is 13.2. The zero-order valence-corrected chi connectivity index (χ0v) is 24.1. The van der Waals surface area contributed by atoms with Crippen LogP contribution in [0.1, 0.15) is 33.6 Å². The molecule has 3 aromatic carbocycles. The summed E-state index contributed by atoms with van der Waals surface area (Å²) in [4.78, 5) is 27.7. The molecule has 0 radical (unpaired) electrons. The van der Waals surface area contributed by atoms with Crippen molar-refractivity contribution in [2.45, 2.75) is 25.6 Å². The van der Waals surface area contributed by atoms with Crippen molar-refractivity contribution in [1.29, 1.82) is 0 Å². The summed E-state index contributed by atoms with van der Waals surface area (Å²) in [7, 11) is 1.47. The molecular formula is C32H32F4N4O4. The lowest BCUT2D eigenvalue weighted by molar-refractivity contribution is -0.153. The van der Waals surface area contributed by atoms with Gasteiger partial charge in [0.05, 0.1) is 23.1 Å². The van der Waals surface area contributed by atoms with Crippen molar-refractivity contribution in [3.05, 3.63) is 83.8 Å². The smallest absolute Gasteiger partial charge is 0.422 e. The number of piperidine rings is 1. The monoisotopic (exact) mass is 612 g/mol. The predicted molar refractivity (Wildman–Crippen MR) is 156 cm³/mol. The first-order chi connectivity index (χ1) is 21.1. The number of fused-ring (bicyclic) bond motifs is 1. The Morgan fingerprint density at radius 2 is 1.64 bits per heavy atom. The van der Waals surface area contributed by atoms with Gasteiger partial charge in [-0.15, -0.1) is 0 Å². The highest BCUT2D eigenvalue weighted by Crippen LogP contribution is 2.32. The highest BCUT2D eigenvalue weighted by molar-refractivity contribution is 6.03. The molecular weight excluding hydrogens is 580 g/mol. The van der Waals surface area contributed by atoms with Crippen molar-refractivity contribution in [1.82, 2.24) is 20.0 Å². The van der Waals surface area contributed by atoms with E-state index in [0.29, 0.717) is 36.1 Å². The first kappa shape index (κ1) is 31.0. The number of alkyl halides is 3. The molecule has 2 heterocycles. The fourth-order valence-corrected chi connectivity index (χ4v) is 5.27. The number of amides is 2. The van der Waals surface area contributed by atoms with Gasteiger partial charge in [0, 0.05) is 45.0 Å². The van der Waals surface area contributed by atoms with E-state index in [2.05, 4.69) is 10.4 Å². The second-order valence-electron chi connectivity index (χ2n) is 10.7. The van der Waals surface area contributed by atoms with Gasteiger partial charge in [-0.1, -0.05) is 24.3 Å². The number of nitrogens with zero attached hydrogens (tertiary/aromatic N) is 3. The summed E-state index contributed by atoms with van der Waals surface area (Å²) in [6, 6.07) is 16.4. The molecule has 0 atom stereocenters. The normalized spacial score (nSPS) is 14.2. The highest BCUT2D eigenvalue weighted by Gasteiger charge is 2.30. The van der Waals surface area contributed by atoms with Crippen molar-refractivity contribution in [2.24, 2.45) is 5.92 Å². The van der Waals surface area contributed by atoms with E-state index in [1.54, 1.807) is 46.1 Å². The SMILES string of the molecule is COCCNC(=O)c1ccc2nn(CC3CCN(C(=O)c4ccc(-c5ccc(F)cc5)cc4)CC3)cc2c1OCC(F)(F)F. The Bertz CT molecular complexity index is 1600. The molecule has 1 aliphatic heterocycles. The summed E-state index contributed by atoms with van der Waals surface area (Å²) in [5, 5.41) is 7.45. The molecule has 0 aliphatic carbocycles. The van der Waals surface area contributed by atoms with Gasteiger partial charge in [0.1, 0.15) is 11.6 Å². The number of aromatic nitrogens is 2. The van der Waals surface area contributed by atoms with E-state index < -0.39 is 18.7 Å². The molecule has 1 fully saturated rings. The lowest BCUT2D eigenvalue weighted by Crippen LogP contribution is -2.39. The maximum Gasteiger partial charge on any atom is 0.422 e. The van der Waals surface area contributed by atoms with Gasteiger partial charge in [-0.3, -0.25) is 14.3 Å². The molecule has 0 saturated carbocycles. The maximum absolute atomic E-state index is 13.2. The van der Waals surface area contributed by atoms with Crippen LogP contribution < -0.4 is 10.1 Å². The third-order valence-corrected chi connectivity index (χ3v) is 7.56. The van der Waals surface area contributed by atoms with Crippen LogP contribution >= 0.6 is 0 Å². The Kier molecular flexibility index (Phi) is 9.48. The van der Waals surface area contributed by atoms with Crippen LogP contribution in [0.5, 0.6) is 5.75 Å². The summed E-state index contributed by atoms with van der Waals surface area (Å²) in [5.74, 6) is -0.938. The second kappa shape index (κ2) is 13.5. The van der Waals surface area contributed by atoms with Crippen LogP contribution in [0.2, 0.25) is 0 Å². The van der Waals surface area contributed by atoms with Gasteiger partial charge < -0.3 is 19.7 Å². The summed E-state index contributed by atoms with van der Waals surface area (Å²) < 4.78 is 64.0. The van der Waals surface area contributed by atoms with Crippen molar-refractivity contribution in [3.8, 4) is 16.9 Å². The zero-order chi connectivity index (χ0) is 31.3. The summed E-state index contributed by atoms with van der Waals surface area (Å²) in [5.41, 5.74) is 2.71. The first-order valence-electron chi connectivity index (χ1n) is 14.2. The molecule has 4 aromatic rings. The number of benzene rings is 3. The fourth-order valence-electron chi connectivity index (χ4n) is 5.27. The largest absolute Gasteiger partial charge is 0.483 e. The molecule has 0 spiro atoms. The van der Waals surface area contributed by atoms with E-state index in [4.69, 9.17) is 9.47 Å². The molecule has 0 bridgehead atoms. The number of nitrogens with one attached hydrogen (secondary N) is 1. The number of methoxy groups -OCH3 is 1. The Morgan fingerprint density at radius 3 is 2.27 bits per heavy atom. The molecule has 232 valence electrons. The minimum absolute atomic E-state index is 0.0186. The van der Waals surface area contributed by atoms with Crippen LogP contribution in [-0.2, 0) is 11.3 Å². The molecule has 8 nitrogen and oxygen atoms in total. The first-order valence-corrected chi connectivity index (χ1v) is 14.2. The summed E-state index contributed by atoms with van der Waals surface area (Å²) in [6.45, 7) is 0.493. The van der Waals surface area contributed by atoms with E-state index in [0.717, 1.165) is 24.0 Å². The molecule has 12 heteroatoms. The van der Waals surface area contributed by atoms with E-state index >= 15 is 0 Å². The Morgan fingerprint density at radius 1 is 0.977 bits per heavy atom. The van der Waals surface area contributed by atoms with Crippen molar-refractivity contribution in [2.75, 3.05) is 40.0 Å². The number of ether oxygens (including phenoxy) is 2. The molecule has 2 amide bonds. The van der Waals surface area contributed by atoms with Gasteiger partial charge in [0.25, 0.3) is 11.8 Å². The molecule has 5 rings (SSSR count). The van der Waals surface area contributed by atoms with Crippen LogP contribution in [0, 0.1) is 11.7 Å². The number of halogens is 4. The van der Waals surface area contributed by atoms with E-state index in [1.165, 1.54) is 25.3 Å².